The lowest BCUT2D eigenvalue weighted by molar-refractivity contribution is -0.122. The highest BCUT2D eigenvalue weighted by Gasteiger charge is 2.42. The van der Waals surface area contributed by atoms with E-state index in [0.717, 1.165) is 15.6 Å². The van der Waals surface area contributed by atoms with Gasteiger partial charge in [-0.3, -0.25) is 14.5 Å². The van der Waals surface area contributed by atoms with Gasteiger partial charge in [-0.15, -0.1) is 0 Å². The van der Waals surface area contributed by atoms with Crippen molar-refractivity contribution in [3.8, 4) is 0 Å². The molecule has 1 heterocycles. The first-order valence-electron chi connectivity index (χ1n) is 7.67. The van der Waals surface area contributed by atoms with E-state index >= 15 is 0 Å². The number of benzene rings is 2. The number of hydrogen-bond acceptors (Lipinski definition) is 2. The average molecular weight is 372 g/mol. The summed E-state index contributed by atoms with van der Waals surface area (Å²) in [5.41, 5.74) is 2.80. The zero-order valence-corrected chi connectivity index (χ0v) is 14.7. The van der Waals surface area contributed by atoms with Crippen LogP contribution in [0.4, 0.5) is 5.69 Å². The Morgan fingerprint density at radius 2 is 1.83 bits per heavy atom. The van der Waals surface area contributed by atoms with E-state index in [1.54, 1.807) is 0 Å². The van der Waals surface area contributed by atoms with E-state index in [9.17, 15) is 9.59 Å². The number of hydrogen-bond donors (Lipinski definition) is 0. The Bertz CT molecular complexity index is 757. The number of imide groups is 1. The number of nitrogens with zero attached hydrogens (tertiary/aromatic N) is 1. The van der Waals surface area contributed by atoms with Crippen LogP contribution >= 0.6 is 15.9 Å². The largest absolute Gasteiger partial charge is 0.274 e. The number of halogens is 1. The summed E-state index contributed by atoms with van der Waals surface area (Å²) in [7, 11) is 0. The van der Waals surface area contributed by atoms with Gasteiger partial charge in [0.25, 0.3) is 0 Å². The van der Waals surface area contributed by atoms with E-state index in [2.05, 4.69) is 15.9 Å². The molecule has 2 atom stereocenters. The van der Waals surface area contributed by atoms with Crippen LogP contribution in [0.5, 0.6) is 0 Å². The molecule has 2 aromatic carbocycles. The van der Waals surface area contributed by atoms with Crippen molar-refractivity contribution in [2.45, 2.75) is 26.2 Å². The van der Waals surface area contributed by atoms with Crippen LogP contribution in [0.2, 0.25) is 0 Å². The second-order valence-corrected chi connectivity index (χ2v) is 6.87. The van der Waals surface area contributed by atoms with Gasteiger partial charge in [0.05, 0.1) is 11.6 Å². The molecular weight excluding hydrogens is 354 g/mol. The SMILES string of the molecule is Cc1ccc(N2C(=O)C[C@@H]([C@@H](C)c3ccccc3)C2=O)cc1Br. The van der Waals surface area contributed by atoms with Crippen molar-refractivity contribution in [2.75, 3.05) is 4.90 Å². The van der Waals surface area contributed by atoms with Crippen LogP contribution in [0, 0.1) is 12.8 Å². The molecule has 1 saturated heterocycles. The molecule has 0 bridgehead atoms. The highest BCUT2D eigenvalue weighted by atomic mass is 79.9. The Kier molecular flexibility index (Phi) is 4.35. The summed E-state index contributed by atoms with van der Waals surface area (Å²) >= 11 is 3.46. The fourth-order valence-corrected chi connectivity index (χ4v) is 3.39. The highest BCUT2D eigenvalue weighted by molar-refractivity contribution is 9.10. The van der Waals surface area contributed by atoms with E-state index in [1.165, 1.54) is 4.90 Å². The third-order valence-electron chi connectivity index (χ3n) is 4.52. The smallest absolute Gasteiger partial charge is 0.237 e. The lowest BCUT2D eigenvalue weighted by Gasteiger charge is -2.19. The lowest BCUT2D eigenvalue weighted by atomic mass is 9.86. The van der Waals surface area contributed by atoms with Crippen LogP contribution in [0.25, 0.3) is 0 Å². The van der Waals surface area contributed by atoms with E-state index in [4.69, 9.17) is 0 Å². The standard InChI is InChI=1S/C19H18BrNO2/c1-12-8-9-15(10-17(12)20)21-18(22)11-16(19(21)23)13(2)14-6-4-3-5-7-14/h3-10,13,16H,11H2,1-2H3/t13-,16-/m0/s1. The molecule has 2 aromatic rings. The van der Waals surface area contributed by atoms with Crippen LogP contribution in [0.1, 0.15) is 30.4 Å². The van der Waals surface area contributed by atoms with Gasteiger partial charge in [-0.05, 0) is 36.1 Å². The summed E-state index contributed by atoms with van der Waals surface area (Å²) in [5.74, 6) is -0.517. The summed E-state index contributed by atoms with van der Waals surface area (Å²) in [5, 5.41) is 0. The second-order valence-electron chi connectivity index (χ2n) is 6.01. The predicted octanol–water partition coefficient (Wildman–Crippen LogP) is 4.44. The number of aryl methyl sites for hydroxylation is 1. The maximum atomic E-state index is 12.8. The highest BCUT2D eigenvalue weighted by Crippen LogP contribution is 2.36. The van der Waals surface area contributed by atoms with Gasteiger partial charge in [0, 0.05) is 10.9 Å². The van der Waals surface area contributed by atoms with Crippen molar-refractivity contribution >= 4 is 33.4 Å². The number of carbonyl (C=O) groups excluding carboxylic acids is 2. The molecule has 1 aliphatic heterocycles. The van der Waals surface area contributed by atoms with Crippen LogP contribution < -0.4 is 4.90 Å². The van der Waals surface area contributed by atoms with Crippen molar-refractivity contribution < 1.29 is 9.59 Å². The van der Waals surface area contributed by atoms with Crippen molar-refractivity contribution in [3.63, 3.8) is 0 Å². The van der Waals surface area contributed by atoms with E-state index in [1.807, 2.05) is 62.4 Å². The molecule has 0 aromatic heterocycles. The van der Waals surface area contributed by atoms with E-state index in [-0.39, 0.29) is 30.1 Å². The van der Waals surface area contributed by atoms with Gasteiger partial charge in [-0.1, -0.05) is 59.3 Å². The number of rotatable bonds is 3. The van der Waals surface area contributed by atoms with Gasteiger partial charge in [0.2, 0.25) is 11.8 Å². The van der Waals surface area contributed by atoms with Crippen LogP contribution in [0.15, 0.2) is 53.0 Å². The summed E-state index contributed by atoms with van der Waals surface area (Å²) < 4.78 is 0.898. The monoisotopic (exact) mass is 371 g/mol. The normalized spacial score (nSPS) is 19.3. The topological polar surface area (TPSA) is 37.4 Å². The molecule has 23 heavy (non-hydrogen) atoms. The molecule has 0 aliphatic carbocycles. The number of amides is 2. The number of carbonyl (C=O) groups is 2. The third-order valence-corrected chi connectivity index (χ3v) is 5.38. The van der Waals surface area contributed by atoms with Crippen LogP contribution in [-0.4, -0.2) is 11.8 Å². The fraction of sp³-hybridized carbons (Fsp3) is 0.263. The van der Waals surface area contributed by atoms with Gasteiger partial charge in [-0.2, -0.15) is 0 Å². The van der Waals surface area contributed by atoms with Gasteiger partial charge >= 0.3 is 0 Å². The van der Waals surface area contributed by atoms with Crippen LogP contribution in [0.3, 0.4) is 0 Å². The molecule has 0 radical (unpaired) electrons. The van der Waals surface area contributed by atoms with Gasteiger partial charge < -0.3 is 0 Å². The van der Waals surface area contributed by atoms with Gasteiger partial charge in [0.1, 0.15) is 0 Å². The summed E-state index contributed by atoms with van der Waals surface area (Å²) in [6, 6.07) is 15.5. The van der Waals surface area contributed by atoms with Crippen molar-refractivity contribution in [1.82, 2.24) is 0 Å². The molecule has 0 unspecified atom stereocenters. The Labute approximate surface area is 144 Å². The molecule has 0 N–H and O–H groups in total. The molecule has 1 aliphatic rings. The molecule has 0 spiro atoms. The molecule has 0 saturated carbocycles. The molecule has 4 heteroatoms. The minimum Gasteiger partial charge on any atom is -0.274 e. The quantitative estimate of drug-likeness (QED) is 0.747. The molecule has 118 valence electrons. The van der Waals surface area contributed by atoms with Crippen LogP contribution in [-0.2, 0) is 9.59 Å². The fourth-order valence-electron chi connectivity index (χ4n) is 3.03. The first kappa shape index (κ1) is 15.9. The molecule has 3 rings (SSSR count). The Balaban J connectivity index is 1.89. The zero-order valence-electron chi connectivity index (χ0n) is 13.1. The maximum absolute atomic E-state index is 12.8. The first-order chi connectivity index (χ1) is 11.0. The molecular formula is C19H18BrNO2. The Morgan fingerprint density at radius 3 is 2.48 bits per heavy atom. The minimum absolute atomic E-state index is 0.0199. The summed E-state index contributed by atoms with van der Waals surface area (Å²) in [4.78, 5) is 26.6. The van der Waals surface area contributed by atoms with Gasteiger partial charge in [-0.25, -0.2) is 0 Å². The van der Waals surface area contributed by atoms with Crippen molar-refractivity contribution in [1.29, 1.82) is 0 Å². The lowest BCUT2D eigenvalue weighted by Crippen LogP contribution is -2.31. The van der Waals surface area contributed by atoms with Gasteiger partial charge in [0.15, 0.2) is 0 Å². The Morgan fingerprint density at radius 1 is 1.13 bits per heavy atom. The number of anilines is 1. The summed E-state index contributed by atoms with van der Waals surface area (Å²) in [6.45, 7) is 3.99. The average Bonchev–Trinajstić information content (AvgIpc) is 2.85. The molecule has 3 nitrogen and oxygen atoms in total. The summed E-state index contributed by atoms with van der Waals surface area (Å²) in [6.07, 6.45) is 0.264. The van der Waals surface area contributed by atoms with E-state index in [0.29, 0.717) is 5.69 Å². The minimum atomic E-state index is -0.301. The second kappa shape index (κ2) is 6.28. The molecule has 2 amide bonds. The predicted molar refractivity (Wildman–Crippen MR) is 94.3 cm³/mol. The molecule has 1 fully saturated rings. The zero-order chi connectivity index (χ0) is 16.6. The maximum Gasteiger partial charge on any atom is 0.237 e. The van der Waals surface area contributed by atoms with Crippen molar-refractivity contribution in [3.05, 3.63) is 64.1 Å². The first-order valence-corrected chi connectivity index (χ1v) is 8.46. The Hall–Kier alpha value is -1.94. The van der Waals surface area contributed by atoms with Crippen molar-refractivity contribution in [2.24, 2.45) is 5.92 Å². The van der Waals surface area contributed by atoms with E-state index < -0.39 is 0 Å². The third kappa shape index (κ3) is 2.95.